The molecule has 0 aliphatic carbocycles. The molecular formula is C24H28O3. The van der Waals surface area contributed by atoms with Crippen molar-refractivity contribution < 1.29 is 14.6 Å². The smallest absolute Gasteiger partial charge is 0.352 e. The lowest BCUT2D eigenvalue weighted by atomic mass is 9.78. The molecule has 142 valence electrons. The highest BCUT2D eigenvalue weighted by Crippen LogP contribution is 2.39. The fourth-order valence-electron chi connectivity index (χ4n) is 2.79. The zero-order chi connectivity index (χ0) is 20.2. The maximum absolute atomic E-state index is 11.9. The van der Waals surface area contributed by atoms with Gasteiger partial charge in [-0.1, -0.05) is 77.8 Å². The van der Waals surface area contributed by atoms with E-state index in [4.69, 9.17) is 4.74 Å². The molecule has 0 spiro atoms. The highest BCUT2D eigenvalue weighted by Gasteiger charge is 2.26. The van der Waals surface area contributed by atoms with Gasteiger partial charge in [0.05, 0.1) is 5.56 Å². The van der Waals surface area contributed by atoms with E-state index in [1.54, 1.807) is 24.3 Å². The Morgan fingerprint density at radius 3 is 1.96 bits per heavy atom. The summed E-state index contributed by atoms with van der Waals surface area (Å²) in [6.07, 6.45) is 2.94. The lowest BCUT2D eigenvalue weighted by Crippen LogP contribution is -2.17. The van der Waals surface area contributed by atoms with E-state index in [-0.39, 0.29) is 10.8 Å². The largest absolute Gasteiger partial charge is 0.507 e. The highest BCUT2D eigenvalue weighted by atomic mass is 16.5. The van der Waals surface area contributed by atoms with E-state index in [0.717, 1.165) is 16.7 Å². The third-order valence-corrected chi connectivity index (χ3v) is 4.30. The van der Waals surface area contributed by atoms with Crippen LogP contribution >= 0.6 is 0 Å². The number of benzene rings is 2. The summed E-state index contributed by atoms with van der Waals surface area (Å²) in [6.45, 7) is 12.4. The van der Waals surface area contributed by atoms with Crippen LogP contribution in [0, 0.1) is 12.0 Å². The molecule has 3 heteroatoms. The Morgan fingerprint density at radius 2 is 1.48 bits per heavy atom. The molecule has 1 N–H and O–H groups in total. The van der Waals surface area contributed by atoms with Gasteiger partial charge in [0.25, 0.3) is 0 Å². The van der Waals surface area contributed by atoms with Crippen LogP contribution in [-0.4, -0.2) is 11.1 Å². The molecule has 2 aromatic rings. The Balaban J connectivity index is 2.23. The number of phenols is 1. The summed E-state index contributed by atoms with van der Waals surface area (Å²) in [7, 11) is 0. The van der Waals surface area contributed by atoms with Gasteiger partial charge in [-0.25, -0.2) is 4.79 Å². The molecule has 0 saturated carbocycles. The summed E-state index contributed by atoms with van der Waals surface area (Å²) in [5, 5.41) is 10.7. The molecule has 0 atom stereocenters. The minimum atomic E-state index is -0.459. The number of ether oxygens (including phenoxy) is 1. The van der Waals surface area contributed by atoms with Crippen molar-refractivity contribution in [1.82, 2.24) is 0 Å². The zero-order valence-electron chi connectivity index (χ0n) is 17.0. The van der Waals surface area contributed by atoms with Crippen LogP contribution in [0.5, 0.6) is 5.75 Å². The standard InChI is InChI=1S/C24H28O3/c1-23(2,3)19-15-17(16-20(21(19)25)24(4,5)6)11-10-14-27-22(26)18-12-8-7-9-13-18/h7-9,12-13,15-16,25H,11H2,1-6H3. The Bertz CT molecular complexity index is 835. The summed E-state index contributed by atoms with van der Waals surface area (Å²) >= 11 is 0. The summed E-state index contributed by atoms with van der Waals surface area (Å²) in [6, 6.07) is 12.7. The van der Waals surface area contributed by atoms with Gasteiger partial charge in [-0.05, 0) is 39.7 Å². The second-order valence-corrected chi connectivity index (χ2v) is 8.75. The first-order chi connectivity index (χ1) is 12.5. The molecule has 0 aliphatic rings. The molecule has 0 saturated heterocycles. The number of aromatic hydroxyl groups is 1. The Morgan fingerprint density at radius 1 is 0.963 bits per heavy atom. The lowest BCUT2D eigenvalue weighted by Gasteiger charge is -2.28. The molecule has 27 heavy (non-hydrogen) atoms. The maximum Gasteiger partial charge on any atom is 0.352 e. The van der Waals surface area contributed by atoms with Crippen LogP contribution in [0.3, 0.4) is 0 Å². The molecule has 2 rings (SSSR count). The van der Waals surface area contributed by atoms with Gasteiger partial charge in [-0.3, -0.25) is 0 Å². The molecule has 0 aromatic heterocycles. The van der Waals surface area contributed by atoms with Crippen molar-refractivity contribution in [2.75, 3.05) is 0 Å². The number of phenolic OH excluding ortho intramolecular Hbond substituents is 1. The third kappa shape index (κ3) is 5.37. The van der Waals surface area contributed by atoms with Gasteiger partial charge in [0.2, 0.25) is 0 Å². The van der Waals surface area contributed by atoms with E-state index in [1.807, 2.05) is 18.2 Å². The van der Waals surface area contributed by atoms with Gasteiger partial charge in [0.15, 0.2) is 0 Å². The second kappa shape index (κ2) is 7.88. The molecule has 3 nitrogen and oxygen atoms in total. The molecule has 0 fully saturated rings. The van der Waals surface area contributed by atoms with E-state index in [0.29, 0.717) is 17.7 Å². The Hall–Kier alpha value is -2.73. The maximum atomic E-state index is 11.9. The topological polar surface area (TPSA) is 46.5 Å². The van der Waals surface area contributed by atoms with Gasteiger partial charge in [0, 0.05) is 6.42 Å². The van der Waals surface area contributed by atoms with Crippen molar-refractivity contribution in [3.05, 3.63) is 64.7 Å². The van der Waals surface area contributed by atoms with Crippen molar-refractivity contribution in [3.8, 4) is 17.8 Å². The quantitative estimate of drug-likeness (QED) is 0.577. The molecule has 0 bridgehead atoms. The van der Waals surface area contributed by atoms with E-state index in [2.05, 4.69) is 53.6 Å². The van der Waals surface area contributed by atoms with E-state index in [9.17, 15) is 9.90 Å². The van der Waals surface area contributed by atoms with Crippen molar-refractivity contribution in [2.24, 2.45) is 0 Å². The average Bonchev–Trinajstić information content (AvgIpc) is 2.58. The molecule has 0 radical (unpaired) electrons. The number of hydrogen-bond donors (Lipinski definition) is 1. The van der Waals surface area contributed by atoms with Crippen LogP contribution in [0.4, 0.5) is 0 Å². The van der Waals surface area contributed by atoms with Gasteiger partial charge in [-0.2, -0.15) is 0 Å². The highest BCUT2D eigenvalue weighted by molar-refractivity contribution is 5.89. The van der Waals surface area contributed by atoms with Gasteiger partial charge in [-0.15, -0.1) is 0 Å². The average molecular weight is 364 g/mol. The van der Waals surface area contributed by atoms with Crippen LogP contribution in [0.15, 0.2) is 42.5 Å². The number of carbonyl (C=O) groups excluding carboxylic acids is 1. The van der Waals surface area contributed by atoms with Crippen molar-refractivity contribution in [1.29, 1.82) is 0 Å². The number of rotatable bonds is 2. The lowest BCUT2D eigenvalue weighted by molar-refractivity contribution is 0.0690. The fraction of sp³-hybridized carbons (Fsp3) is 0.375. The minimum absolute atomic E-state index is 0.187. The summed E-state index contributed by atoms with van der Waals surface area (Å²) in [5.74, 6) is 2.79. The van der Waals surface area contributed by atoms with Gasteiger partial charge in [0.1, 0.15) is 11.9 Å². The van der Waals surface area contributed by atoms with Crippen molar-refractivity contribution in [3.63, 3.8) is 0 Å². The first-order valence-corrected chi connectivity index (χ1v) is 9.11. The van der Waals surface area contributed by atoms with Crippen molar-refractivity contribution in [2.45, 2.75) is 58.8 Å². The fourth-order valence-corrected chi connectivity index (χ4v) is 2.79. The number of hydrogen-bond acceptors (Lipinski definition) is 3. The first kappa shape index (κ1) is 20.6. The van der Waals surface area contributed by atoms with E-state index in [1.165, 1.54) is 0 Å². The SMILES string of the molecule is CC(C)(C)c1cc(CC#COC(=O)c2ccccc2)cc(C(C)(C)C)c1O. The molecule has 0 amide bonds. The summed E-state index contributed by atoms with van der Waals surface area (Å²) < 4.78 is 5.02. The van der Waals surface area contributed by atoms with Crippen LogP contribution in [0.25, 0.3) is 0 Å². The summed E-state index contributed by atoms with van der Waals surface area (Å²) in [5.41, 5.74) is 2.88. The van der Waals surface area contributed by atoms with Gasteiger partial charge < -0.3 is 9.84 Å². The number of esters is 1. The number of carbonyl (C=O) groups is 1. The second-order valence-electron chi connectivity index (χ2n) is 8.75. The summed E-state index contributed by atoms with van der Waals surface area (Å²) in [4.78, 5) is 11.9. The van der Waals surface area contributed by atoms with Crippen LogP contribution in [0.1, 0.15) is 68.6 Å². The Kier molecular flexibility index (Phi) is 6.01. The molecular weight excluding hydrogens is 336 g/mol. The van der Waals surface area contributed by atoms with Crippen molar-refractivity contribution >= 4 is 5.97 Å². The molecule has 2 aromatic carbocycles. The molecule has 0 aliphatic heterocycles. The predicted octanol–water partition coefficient (Wildman–Crippen LogP) is 5.35. The first-order valence-electron chi connectivity index (χ1n) is 9.11. The minimum Gasteiger partial charge on any atom is -0.507 e. The van der Waals surface area contributed by atoms with Crippen LogP contribution < -0.4 is 0 Å². The molecule has 0 unspecified atom stereocenters. The van der Waals surface area contributed by atoms with Crippen LogP contribution in [0.2, 0.25) is 0 Å². The normalized spacial score (nSPS) is 11.5. The van der Waals surface area contributed by atoms with Gasteiger partial charge >= 0.3 is 5.97 Å². The zero-order valence-corrected chi connectivity index (χ0v) is 17.0. The van der Waals surface area contributed by atoms with E-state index >= 15 is 0 Å². The predicted molar refractivity (Wildman–Crippen MR) is 109 cm³/mol. The third-order valence-electron chi connectivity index (χ3n) is 4.30. The Labute approximate surface area is 162 Å². The van der Waals surface area contributed by atoms with Crippen LogP contribution in [-0.2, 0) is 22.0 Å². The monoisotopic (exact) mass is 364 g/mol. The van der Waals surface area contributed by atoms with E-state index < -0.39 is 5.97 Å². The molecule has 0 heterocycles.